The second kappa shape index (κ2) is 7.53. The van der Waals surface area contributed by atoms with E-state index in [1.54, 1.807) is 29.8 Å². The molecule has 0 amide bonds. The van der Waals surface area contributed by atoms with Crippen LogP contribution in [0.5, 0.6) is 5.75 Å². The molecule has 2 aromatic heterocycles. The zero-order chi connectivity index (χ0) is 17.9. The first-order chi connectivity index (χ1) is 12.7. The highest BCUT2D eigenvalue weighted by atomic mass is 32.1. The summed E-state index contributed by atoms with van der Waals surface area (Å²) in [5.41, 5.74) is 3.35. The Kier molecular flexibility index (Phi) is 4.97. The lowest BCUT2D eigenvalue weighted by molar-refractivity contribution is -0.907. The van der Waals surface area contributed by atoms with Crippen LogP contribution in [0.3, 0.4) is 0 Å². The zero-order valence-corrected chi connectivity index (χ0v) is 16.4. The molecule has 132 valence electrons. The van der Waals surface area contributed by atoms with Gasteiger partial charge in [-0.1, -0.05) is 12.1 Å². The van der Waals surface area contributed by atoms with Gasteiger partial charge in [-0.2, -0.15) is 0 Å². The number of hydrogen-bond acceptors (Lipinski definition) is 5. The second-order valence-corrected chi connectivity index (χ2v) is 8.23. The van der Waals surface area contributed by atoms with Crippen molar-refractivity contribution in [2.45, 2.75) is 13.1 Å². The van der Waals surface area contributed by atoms with E-state index < -0.39 is 0 Å². The number of ether oxygens (including phenoxy) is 1. The molecule has 0 spiro atoms. The van der Waals surface area contributed by atoms with Crippen LogP contribution < -0.4 is 9.64 Å². The smallest absolute Gasteiger partial charge is 0.148 e. The Morgan fingerprint density at radius 2 is 1.81 bits per heavy atom. The fourth-order valence-corrected chi connectivity index (χ4v) is 4.79. The summed E-state index contributed by atoms with van der Waals surface area (Å²) in [6, 6.07) is 16.4. The number of quaternary nitrogens is 1. The van der Waals surface area contributed by atoms with Gasteiger partial charge in [0, 0.05) is 10.9 Å². The Bertz CT molecular complexity index is 974. The summed E-state index contributed by atoms with van der Waals surface area (Å²) in [5, 5.41) is 4.38. The molecular weight excluding hydrogens is 362 g/mol. The highest BCUT2D eigenvalue weighted by Gasteiger charge is 2.13. The Labute approximate surface area is 160 Å². The maximum Gasteiger partial charge on any atom is 0.148 e. The largest absolute Gasteiger partial charge is 0.497 e. The predicted molar refractivity (Wildman–Crippen MR) is 108 cm³/mol. The average Bonchev–Trinajstić information content (AvgIpc) is 3.28. The lowest BCUT2D eigenvalue weighted by Gasteiger charge is -2.10. The minimum absolute atomic E-state index is 0.866. The van der Waals surface area contributed by atoms with Crippen LogP contribution in [0.1, 0.15) is 10.7 Å². The molecule has 1 unspecified atom stereocenters. The number of aromatic nitrogens is 2. The third-order valence-corrected chi connectivity index (χ3v) is 6.14. The van der Waals surface area contributed by atoms with Crippen molar-refractivity contribution in [2.24, 2.45) is 0 Å². The molecule has 6 heteroatoms. The van der Waals surface area contributed by atoms with Gasteiger partial charge in [0.15, 0.2) is 0 Å². The summed E-state index contributed by atoms with van der Waals surface area (Å²) in [6.45, 7) is 1.80. The van der Waals surface area contributed by atoms with Gasteiger partial charge >= 0.3 is 0 Å². The monoisotopic (exact) mass is 382 g/mol. The number of rotatable bonds is 6. The molecule has 0 fully saturated rings. The number of hydrogen-bond donors (Lipinski definition) is 1. The molecular formula is C20H20N3OS2+. The SMILES string of the molecule is COc1ccc(-c2nc(C[NH+](C)Cc3nc4ccccc4s3)cs2)cc1. The van der Waals surface area contributed by atoms with E-state index in [-0.39, 0.29) is 0 Å². The Morgan fingerprint density at radius 1 is 1.00 bits per heavy atom. The molecule has 0 radical (unpaired) electrons. The molecule has 4 aromatic rings. The molecule has 26 heavy (non-hydrogen) atoms. The van der Waals surface area contributed by atoms with Gasteiger partial charge < -0.3 is 9.64 Å². The number of fused-ring (bicyclic) bond motifs is 1. The van der Waals surface area contributed by atoms with Crippen LogP contribution in [0.4, 0.5) is 0 Å². The molecule has 4 rings (SSSR count). The summed E-state index contributed by atoms with van der Waals surface area (Å²) >= 11 is 3.47. The Hall–Kier alpha value is -2.28. The molecule has 0 bridgehead atoms. The molecule has 0 saturated carbocycles. The van der Waals surface area contributed by atoms with Crippen molar-refractivity contribution in [2.75, 3.05) is 14.2 Å². The molecule has 0 saturated heterocycles. The topological polar surface area (TPSA) is 39.5 Å². The first-order valence-corrected chi connectivity index (χ1v) is 10.2. The highest BCUT2D eigenvalue weighted by molar-refractivity contribution is 7.18. The summed E-state index contributed by atoms with van der Waals surface area (Å²) in [6.07, 6.45) is 0. The van der Waals surface area contributed by atoms with Crippen LogP contribution in [-0.2, 0) is 13.1 Å². The molecule has 1 N–H and O–H groups in total. The van der Waals surface area contributed by atoms with Crippen molar-refractivity contribution in [1.82, 2.24) is 9.97 Å². The molecule has 1 atom stereocenters. The van der Waals surface area contributed by atoms with Crippen molar-refractivity contribution in [3.8, 4) is 16.3 Å². The molecule has 2 heterocycles. The van der Waals surface area contributed by atoms with Crippen molar-refractivity contribution >= 4 is 32.9 Å². The van der Waals surface area contributed by atoms with Crippen molar-refractivity contribution in [3.63, 3.8) is 0 Å². The summed E-state index contributed by atoms with van der Waals surface area (Å²) < 4.78 is 6.47. The number of methoxy groups -OCH3 is 1. The normalized spacial score (nSPS) is 12.4. The standard InChI is InChI=1S/C20H19N3OS2/c1-23(12-19-22-17-5-3-4-6-18(17)26-19)11-15-13-25-20(21-15)14-7-9-16(24-2)10-8-14/h3-10,13H,11-12H2,1-2H3/p+1. The third kappa shape index (κ3) is 3.77. The molecule has 0 aliphatic heterocycles. The minimum atomic E-state index is 0.866. The first-order valence-electron chi connectivity index (χ1n) is 8.46. The van der Waals surface area contributed by atoms with Gasteiger partial charge in [-0.25, -0.2) is 9.97 Å². The van der Waals surface area contributed by atoms with Crippen LogP contribution in [0.15, 0.2) is 53.9 Å². The number of benzene rings is 2. The van der Waals surface area contributed by atoms with Gasteiger partial charge in [0.25, 0.3) is 0 Å². The second-order valence-electron chi connectivity index (χ2n) is 6.26. The van der Waals surface area contributed by atoms with Crippen molar-refractivity contribution in [3.05, 3.63) is 64.6 Å². The predicted octanol–water partition coefficient (Wildman–Crippen LogP) is 3.64. The van der Waals surface area contributed by atoms with Crippen molar-refractivity contribution < 1.29 is 9.64 Å². The van der Waals surface area contributed by atoms with Crippen LogP contribution >= 0.6 is 22.7 Å². The summed E-state index contributed by atoms with van der Waals surface area (Å²) in [7, 11) is 3.87. The van der Waals surface area contributed by atoms with E-state index in [0.29, 0.717) is 0 Å². The van der Waals surface area contributed by atoms with Crippen LogP contribution in [0.25, 0.3) is 20.8 Å². The minimum Gasteiger partial charge on any atom is -0.497 e. The maximum absolute atomic E-state index is 5.22. The van der Waals surface area contributed by atoms with Gasteiger partial charge in [0.1, 0.15) is 34.5 Å². The van der Waals surface area contributed by atoms with Gasteiger partial charge in [-0.15, -0.1) is 22.7 Å². The molecule has 2 aromatic carbocycles. The summed E-state index contributed by atoms with van der Waals surface area (Å²) in [4.78, 5) is 10.9. The van der Waals surface area contributed by atoms with Gasteiger partial charge in [0.2, 0.25) is 0 Å². The quantitative estimate of drug-likeness (QED) is 0.553. The van der Waals surface area contributed by atoms with E-state index in [1.165, 1.54) is 14.6 Å². The van der Waals surface area contributed by atoms with Crippen molar-refractivity contribution in [1.29, 1.82) is 0 Å². The summed E-state index contributed by atoms with van der Waals surface area (Å²) in [5.74, 6) is 0.866. The van der Waals surface area contributed by atoms with Crippen LogP contribution in [0.2, 0.25) is 0 Å². The van der Waals surface area contributed by atoms with E-state index in [9.17, 15) is 0 Å². The van der Waals surface area contributed by atoms with E-state index in [1.807, 2.05) is 18.2 Å². The van der Waals surface area contributed by atoms with Crippen LogP contribution in [0, 0.1) is 0 Å². The number of nitrogens with zero attached hydrogens (tertiary/aromatic N) is 2. The number of nitrogens with one attached hydrogen (secondary N) is 1. The van der Waals surface area contributed by atoms with Crippen LogP contribution in [-0.4, -0.2) is 24.1 Å². The first kappa shape index (κ1) is 17.1. The molecule has 0 aliphatic carbocycles. The van der Waals surface area contributed by atoms with E-state index in [2.05, 4.69) is 42.8 Å². The van der Waals surface area contributed by atoms with E-state index >= 15 is 0 Å². The third-order valence-electron chi connectivity index (χ3n) is 4.16. The zero-order valence-electron chi connectivity index (χ0n) is 14.7. The average molecular weight is 383 g/mol. The number of para-hydroxylation sites is 1. The molecule has 4 nitrogen and oxygen atoms in total. The maximum atomic E-state index is 5.22. The lowest BCUT2D eigenvalue weighted by atomic mass is 10.2. The lowest BCUT2D eigenvalue weighted by Crippen LogP contribution is -3.06. The number of thiazole rings is 2. The van der Waals surface area contributed by atoms with Gasteiger partial charge in [-0.05, 0) is 36.4 Å². The fourth-order valence-electron chi connectivity index (χ4n) is 2.88. The fraction of sp³-hybridized carbons (Fsp3) is 0.200. The van der Waals surface area contributed by atoms with E-state index in [0.717, 1.165) is 40.6 Å². The van der Waals surface area contributed by atoms with E-state index in [4.69, 9.17) is 14.7 Å². The van der Waals surface area contributed by atoms with Gasteiger partial charge in [0.05, 0.1) is 24.4 Å². The van der Waals surface area contributed by atoms with Gasteiger partial charge in [-0.3, -0.25) is 0 Å². The molecule has 0 aliphatic rings. The Balaban J connectivity index is 1.42. The Morgan fingerprint density at radius 3 is 2.58 bits per heavy atom. The highest BCUT2D eigenvalue weighted by Crippen LogP contribution is 2.25.